The van der Waals surface area contributed by atoms with Gasteiger partial charge in [0.05, 0.1) is 0 Å². The first-order valence-corrected chi connectivity index (χ1v) is 5.62. The molecular weight excluding hydrogens is 190 g/mol. The van der Waals surface area contributed by atoms with E-state index in [4.69, 9.17) is 5.73 Å². The van der Waals surface area contributed by atoms with Crippen LogP contribution in [0.5, 0.6) is 0 Å². The van der Waals surface area contributed by atoms with Crippen molar-refractivity contribution in [2.75, 3.05) is 11.9 Å². The van der Waals surface area contributed by atoms with Crippen LogP contribution in [0.1, 0.15) is 38.6 Å². The maximum absolute atomic E-state index is 5.56. The van der Waals surface area contributed by atoms with Gasteiger partial charge in [-0.15, -0.1) is 10.2 Å². The lowest BCUT2D eigenvalue weighted by Crippen LogP contribution is -2.16. The predicted molar refractivity (Wildman–Crippen MR) is 59.8 cm³/mol. The van der Waals surface area contributed by atoms with E-state index >= 15 is 0 Å². The number of aromatic nitrogens is 3. The van der Waals surface area contributed by atoms with E-state index in [1.165, 1.54) is 12.8 Å². The lowest BCUT2D eigenvalue weighted by atomic mass is 10.4. The van der Waals surface area contributed by atoms with Gasteiger partial charge in [0, 0.05) is 18.5 Å². The molecule has 5 nitrogen and oxygen atoms in total. The quantitative estimate of drug-likeness (QED) is 0.757. The van der Waals surface area contributed by atoms with E-state index in [9.17, 15) is 0 Å². The Bertz CT molecular complexity index is 327. The molecule has 0 aromatic carbocycles. The van der Waals surface area contributed by atoms with Gasteiger partial charge < -0.3 is 11.1 Å². The van der Waals surface area contributed by atoms with Crippen LogP contribution in [0.25, 0.3) is 0 Å². The Hall–Kier alpha value is -1.10. The molecule has 0 bridgehead atoms. The molecule has 0 radical (unpaired) electrons. The summed E-state index contributed by atoms with van der Waals surface area (Å²) in [4.78, 5) is 0. The molecule has 1 aromatic heterocycles. The summed E-state index contributed by atoms with van der Waals surface area (Å²) in [6.07, 6.45) is 3.29. The van der Waals surface area contributed by atoms with E-state index in [2.05, 4.69) is 33.9 Å². The van der Waals surface area contributed by atoms with Crippen LogP contribution in [-0.4, -0.2) is 27.4 Å². The first-order valence-electron chi connectivity index (χ1n) is 5.62. The number of rotatable bonds is 5. The minimum Gasteiger partial charge on any atom is -0.352 e. The van der Waals surface area contributed by atoms with Gasteiger partial charge in [0.1, 0.15) is 5.82 Å². The van der Waals surface area contributed by atoms with Crippen LogP contribution in [0.2, 0.25) is 0 Å². The lowest BCUT2D eigenvalue weighted by molar-refractivity contribution is 0.675. The smallest absolute Gasteiger partial charge is 0.225 e. The number of hydrogen-bond acceptors (Lipinski definition) is 4. The summed E-state index contributed by atoms with van der Waals surface area (Å²) in [5, 5.41) is 11.7. The summed E-state index contributed by atoms with van der Waals surface area (Å²) in [7, 11) is 0. The summed E-state index contributed by atoms with van der Waals surface area (Å²) >= 11 is 0. The summed E-state index contributed by atoms with van der Waals surface area (Å²) in [6, 6.07) is 0.986. The van der Waals surface area contributed by atoms with E-state index in [0.717, 1.165) is 18.2 Å². The van der Waals surface area contributed by atoms with Gasteiger partial charge in [-0.3, -0.25) is 4.57 Å². The molecule has 0 saturated heterocycles. The third-order valence-electron chi connectivity index (χ3n) is 2.46. The standard InChI is InChI=1S/C10H19N5/c1-7(2)12-10-14-13-9(5-6-11)15(10)8-3-4-8/h7-8H,3-6,11H2,1-2H3,(H,12,14). The molecule has 0 unspecified atom stereocenters. The molecule has 1 aromatic rings. The molecule has 0 aliphatic heterocycles. The van der Waals surface area contributed by atoms with Crippen LogP contribution >= 0.6 is 0 Å². The Morgan fingerprint density at radius 2 is 2.20 bits per heavy atom. The van der Waals surface area contributed by atoms with Crippen molar-refractivity contribution < 1.29 is 0 Å². The molecule has 5 heteroatoms. The average molecular weight is 209 g/mol. The number of hydrogen-bond donors (Lipinski definition) is 2. The first-order chi connectivity index (χ1) is 7.22. The topological polar surface area (TPSA) is 68.8 Å². The van der Waals surface area contributed by atoms with Gasteiger partial charge in [0.2, 0.25) is 5.95 Å². The van der Waals surface area contributed by atoms with Crippen LogP contribution in [0, 0.1) is 0 Å². The second-order valence-corrected chi connectivity index (χ2v) is 4.38. The van der Waals surface area contributed by atoms with Gasteiger partial charge in [-0.1, -0.05) is 0 Å². The molecule has 1 aliphatic carbocycles. The molecule has 84 valence electrons. The van der Waals surface area contributed by atoms with Crippen LogP contribution < -0.4 is 11.1 Å². The largest absolute Gasteiger partial charge is 0.352 e. The fraction of sp³-hybridized carbons (Fsp3) is 0.800. The highest BCUT2D eigenvalue weighted by molar-refractivity contribution is 5.29. The van der Waals surface area contributed by atoms with Gasteiger partial charge in [-0.2, -0.15) is 0 Å². The molecule has 3 N–H and O–H groups in total. The highest BCUT2D eigenvalue weighted by Gasteiger charge is 2.29. The van der Waals surface area contributed by atoms with E-state index in [1.807, 2.05) is 0 Å². The molecule has 1 saturated carbocycles. The van der Waals surface area contributed by atoms with Gasteiger partial charge in [0.25, 0.3) is 0 Å². The fourth-order valence-electron chi connectivity index (χ4n) is 1.70. The molecular formula is C10H19N5. The number of nitrogens with zero attached hydrogens (tertiary/aromatic N) is 3. The monoisotopic (exact) mass is 209 g/mol. The molecule has 0 atom stereocenters. The maximum atomic E-state index is 5.56. The molecule has 0 spiro atoms. The van der Waals surface area contributed by atoms with Crippen LogP contribution in [0.3, 0.4) is 0 Å². The van der Waals surface area contributed by atoms with Crippen molar-refractivity contribution >= 4 is 5.95 Å². The van der Waals surface area contributed by atoms with Crippen LogP contribution in [0.4, 0.5) is 5.95 Å². The fourth-order valence-corrected chi connectivity index (χ4v) is 1.70. The molecule has 1 aliphatic rings. The Morgan fingerprint density at radius 3 is 2.73 bits per heavy atom. The molecule has 1 heterocycles. The zero-order chi connectivity index (χ0) is 10.8. The van der Waals surface area contributed by atoms with Crippen molar-refractivity contribution in [3.63, 3.8) is 0 Å². The van der Waals surface area contributed by atoms with Crippen molar-refractivity contribution in [2.45, 2.75) is 45.2 Å². The molecule has 2 rings (SSSR count). The Morgan fingerprint density at radius 1 is 1.47 bits per heavy atom. The molecule has 0 amide bonds. The highest BCUT2D eigenvalue weighted by atomic mass is 15.4. The van der Waals surface area contributed by atoms with E-state index in [1.54, 1.807) is 0 Å². The van der Waals surface area contributed by atoms with Crippen molar-refractivity contribution in [3.05, 3.63) is 5.82 Å². The van der Waals surface area contributed by atoms with E-state index in [-0.39, 0.29) is 0 Å². The van der Waals surface area contributed by atoms with Crippen molar-refractivity contribution in [1.29, 1.82) is 0 Å². The molecule has 1 fully saturated rings. The van der Waals surface area contributed by atoms with Crippen molar-refractivity contribution in [2.24, 2.45) is 5.73 Å². The Labute approximate surface area is 90.1 Å². The van der Waals surface area contributed by atoms with Gasteiger partial charge >= 0.3 is 0 Å². The zero-order valence-corrected chi connectivity index (χ0v) is 9.40. The molecule has 15 heavy (non-hydrogen) atoms. The summed E-state index contributed by atoms with van der Waals surface area (Å²) in [5.74, 6) is 1.92. The third-order valence-corrected chi connectivity index (χ3v) is 2.46. The minimum absolute atomic E-state index is 0.387. The van der Waals surface area contributed by atoms with Crippen LogP contribution in [-0.2, 0) is 6.42 Å². The predicted octanol–water partition coefficient (Wildman–Crippen LogP) is 0.934. The summed E-state index contributed by atoms with van der Waals surface area (Å²) in [5.41, 5.74) is 5.56. The SMILES string of the molecule is CC(C)Nc1nnc(CCN)n1C1CC1. The zero-order valence-electron chi connectivity index (χ0n) is 9.40. The number of nitrogens with one attached hydrogen (secondary N) is 1. The summed E-state index contributed by atoms with van der Waals surface area (Å²) in [6.45, 7) is 4.84. The first kappa shape index (κ1) is 10.4. The van der Waals surface area contributed by atoms with Crippen LogP contribution in [0.15, 0.2) is 0 Å². The Kier molecular flexibility index (Phi) is 2.90. The van der Waals surface area contributed by atoms with Gasteiger partial charge in [0.15, 0.2) is 0 Å². The second kappa shape index (κ2) is 4.18. The van der Waals surface area contributed by atoms with E-state index < -0.39 is 0 Å². The van der Waals surface area contributed by atoms with Crippen molar-refractivity contribution in [1.82, 2.24) is 14.8 Å². The van der Waals surface area contributed by atoms with E-state index in [0.29, 0.717) is 18.6 Å². The normalized spacial score (nSPS) is 16.0. The van der Waals surface area contributed by atoms with Gasteiger partial charge in [-0.05, 0) is 33.2 Å². The third kappa shape index (κ3) is 2.28. The minimum atomic E-state index is 0.387. The lowest BCUT2D eigenvalue weighted by Gasteiger charge is -2.12. The van der Waals surface area contributed by atoms with Crippen molar-refractivity contribution in [3.8, 4) is 0 Å². The highest BCUT2D eigenvalue weighted by Crippen LogP contribution is 2.38. The summed E-state index contributed by atoms with van der Waals surface area (Å²) < 4.78 is 2.22. The maximum Gasteiger partial charge on any atom is 0.225 e. The van der Waals surface area contributed by atoms with Gasteiger partial charge in [-0.25, -0.2) is 0 Å². The number of nitrogens with two attached hydrogens (primary N) is 1. The number of anilines is 1. The second-order valence-electron chi connectivity index (χ2n) is 4.38. The Balaban J connectivity index is 2.21. The average Bonchev–Trinajstić information content (AvgIpc) is 2.92.